The lowest BCUT2D eigenvalue weighted by molar-refractivity contribution is 0.0668. The SMILES string of the molecule is Cc1c(C(=O)N2CCc3c(F)cc(F)cc3[C@@H]2C)nnn1-c1ccc2c(c1)OCCO2. The first kappa shape index (κ1) is 19.5. The van der Waals surface area contributed by atoms with Crippen molar-refractivity contribution >= 4 is 5.91 Å². The van der Waals surface area contributed by atoms with Crippen molar-refractivity contribution < 1.29 is 23.0 Å². The van der Waals surface area contributed by atoms with E-state index in [1.807, 2.05) is 6.07 Å². The zero-order valence-corrected chi connectivity index (χ0v) is 17.1. The standard InChI is InChI=1S/C22H20F2N4O3/c1-12-17-9-14(23)10-18(24)16(17)5-6-27(12)22(29)21-13(2)28(26-25-21)15-3-4-19-20(11-15)31-8-7-30-19/h3-4,9-12H,5-8H2,1-2H3/t12-/m0/s1. The topological polar surface area (TPSA) is 69.5 Å². The van der Waals surface area contributed by atoms with Crippen molar-refractivity contribution in [2.24, 2.45) is 0 Å². The van der Waals surface area contributed by atoms with Gasteiger partial charge in [-0.1, -0.05) is 5.21 Å². The van der Waals surface area contributed by atoms with E-state index in [1.54, 1.807) is 35.6 Å². The summed E-state index contributed by atoms with van der Waals surface area (Å²) in [5, 5.41) is 8.26. The number of carbonyl (C=O) groups is 1. The highest BCUT2D eigenvalue weighted by Gasteiger charge is 2.33. The molecule has 2 aliphatic heterocycles. The third-order valence-corrected chi connectivity index (χ3v) is 5.84. The van der Waals surface area contributed by atoms with E-state index in [-0.39, 0.29) is 11.6 Å². The van der Waals surface area contributed by atoms with Crippen molar-refractivity contribution in [2.45, 2.75) is 26.3 Å². The fourth-order valence-corrected chi connectivity index (χ4v) is 4.20. The monoisotopic (exact) mass is 426 g/mol. The Hall–Kier alpha value is -3.49. The van der Waals surface area contributed by atoms with E-state index in [0.29, 0.717) is 60.2 Å². The highest BCUT2D eigenvalue weighted by molar-refractivity contribution is 5.93. The van der Waals surface area contributed by atoms with Crippen LogP contribution < -0.4 is 9.47 Å². The first-order valence-electron chi connectivity index (χ1n) is 10.0. The maximum atomic E-state index is 14.1. The van der Waals surface area contributed by atoms with Crippen LogP contribution in [0.3, 0.4) is 0 Å². The molecule has 7 nitrogen and oxygen atoms in total. The number of rotatable bonds is 2. The molecule has 0 N–H and O–H groups in total. The molecule has 2 aromatic carbocycles. The molecule has 0 bridgehead atoms. The number of benzene rings is 2. The molecule has 0 unspecified atom stereocenters. The summed E-state index contributed by atoms with van der Waals surface area (Å²) in [4.78, 5) is 14.8. The Kier molecular flexibility index (Phi) is 4.60. The average molecular weight is 426 g/mol. The Labute approximate surface area is 177 Å². The minimum atomic E-state index is -0.655. The van der Waals surface area contributed by atoms with E-state index < -0.39 is 17.7 Å². The minimum absolute atomic E-state index is 0.196. The van der Waals surface area contributed by atoms with Crippen LogP contribution in [0.2, 0.25) is 0 Å². The van der Waals surface area contributed by atoms with E-state index in [1.165, 1.54) is 6.07 Å². The second kappa shape index (κ2) is 7.33. The third kappa shape index (κ3) is 3.20. The summed E-state index contributed by atoms with van der Waals surface area (Å²) in [6.07, 6.45) is 0.312. The molecule has 0 saturated heterocycles. The largest absolute Gasteiger partial charge is 0.486 e. The predicted molar refractivity (Wildman–Crippen MR) is 107 cm³/mol. The Bertz CT molecular complexity index is 1190. The molecule has 160 valence electrons. The van der Waals surface area contributed by atoms with Gasteiger partial charge in [0.2, 0.25) is 0 Å². The number of ether oxygens (including phenoxy) is 2. The summed E-state index contributed by atoms with van der Waals surface area (Å²) in [6, 6.07) is 7.08. The first-order valence-corrected chi connectivity index (χ1v) is 10.0. The van der Waals surface area contributed by atoms with Crippen LogP contribution in [0, 0.1) is 18.6 Å². The molecule has 0 saturated carbocycles. The van der Waals surface area contributed by atoms with Crippen LogP contribution >= 0.6 is 0 Å². The Morgan fingerprint density at radius 1 is 1.13 bits per heavy atom. The van der Waals surface area contributed by atoms with Gasteiger partial charge in [0.25, 0.3) is 5.91 Å². The smallest absolute Gasteiger partial charge is 0.276 e. The van der Waals surface area contributed by atoms with E-state index in [2.05, 4.69) is 10.3 Å². The predicted octanol–water partition coefficient (Wildman–Crippen LogP) is 3.38. The molecule has 0 fully saturated rings. The Morgan fingerprint density at radius 3 is 2.71 bits per heavy atom. The Morgan fingerprint density at radius 2 is 1.90 bits per heavy atom. The number of halogens is 2. The lowest BCUT2D eigenvalue weighted by atomic mass is 9.92. The normalized spacial score (nSPS) is 17.4. The summed E-state index contributed by atoms with van der Waals surface area (Å²) < 4.78 is 40.6. The average Bonchev–Trinajstić information content (AvgIpc) is 3.15. The van der Waals surface area contributed by atoms with Gasteiger partial charge in [-0.05, 0) is 49.6 Å². The highest BCUT2D eigenvalue weighted by Crippen LogP contribution is 2.34. The molecule has 3 aromatic rings. The molecule has 1 atom stereocenters. The maximum Gasteiger partial charge on any atom is 0.276 e. The van der Waals surface area contributed by atoms with Gasteiger partial charge in [0.1, 0.15) is 24.8 Å². The van der Waals surface area contributed by atoms with Gasteiger partial charge in [-0.15, -0.1) is 5.10 Å². The van der Waals surface area contributed by atoms with E-state index in [0.717, 1.165) is 6.07 Å². The first-order chi connectivity index (χ1) is 14.9. The van der Waals surface area contributed by atoms with Gasteiger partial charge >= 0.3 is 0 Å². The molecule has 9 heteroatoms. The number of hydrogen-bond donors (Lipinski definition) is 0. The molecule has 3 heterocycles. The van der Waals surface area contributed by atoms with E-state index in [9.17, 15) is 13.6 Å². The maximum absolute atomic E-state index is 14.1. The zero-order valence-electron chi connectivity index (χ0n) is 17.1. The van der Waals surface area contributed by atoms with Crippen LogP contribution in [0.15, 0.2) is 30.3 Å². The van der Waals surface area contributed by atoms with Gasteiger partial charge < -0.3 is 14.4 Å². The molecule has 0 aliphatic carbocycles. The van der Waals surface area contributed by atoms with Gasteiger partial charge in [-0.3, -0.25) is 4.79 Å². The van der Waals surface area contributed by atoms with Crippen LogP contribution in [0.1, 0.15) is 40.3 Å². The third-order valence-electron chi connectivity index (χ3n) is 5.84. The molecule has 2 aliphatic rings. The lowest BCUT2D eigenvalue weighted by Crippen LogP contribution is -2.39. The second-order valence-electron chi connectivity index (χ2n) is 7.64. The van der Waals surface area contributed by atoms with Gasteiger partial charge in [-0.25, -0.2) is 13.5 Å². The Balaban J connectivity index is 1.45. The van der Waals surface area contributed by atoms with Crippen molar-refractivity contribution in [3.8, 4) is 17.2 Å². The van der Waals surface area contributed by atoms with Crippen molar-refractivity contribution in [1.29, 1.82) is 0 Å². The molecule has 31 heavy (non-hydrogen) atoms. The van der Waals surface area contributed by atoms with Crippen LogP contribution in [0.5, 0.6) is 11.5 Å². The van der Waals surface area contributed by atoms with E-state index in [4.69, 9.17) is 9.47 Å². The van der Waals surface area contributed by atoms with Crippen LogP contribution in [0.25, 0.3) is 5.69 Å². The van der Waals surface area contributed by atoms with Crippen LogP contribution in [-0.4, -0.2) is 45.6 Å². The van der Waals surface area contributed by atoms with Gasteiger partial charge in [0, 0.05) is 18.7 Å². The number of carbonyl (C=O) groups excluding carboxylic acids is 1. The molecule has 0 radical (unpaired) electrons. The summed E-state index contributed by atoms with van der Waals surface area (Å²) >= 11 is 0. The van der Waals surface area contributed by atoms with E-state index >= 15 is 0 Å². The van der Waals surface area contributed by atoms with Crippen LogP contribution in [-0.2, 0) is 6.42 Å². The number of amides is 1. The summed E-state index contributed by atoms with van der Waals surface area (Å²) in [5.74, 6) is -0.293. The van der Waals surface area contributed by atoms with Gasteiger partial charge in [-0.2, -0.15) is 0 Å². The summed E-state index contributed by atoms with van der Waals surface area (Å²) in [6.45, 7) is 4.79. The van der Waals surface area contributed by atoms with Crippen molar-refractivity contribution in [3.05, 3.63) is 64.5 Å². The molecule has 5 rings (SSSR count). The fraction of sp³-hybridized carbons (Fsp3) is 0.318. The zero-order chi connectivity index (χ0) is 21.7. The molecular weight excluding hydrogens is 406 g/mol. The number of nitrogens with zero attached hydrogens (tertiary/aromatic N) is 4. The van der Waals surface area contributed by atoms with Crippen molar-refractivity contribution in [2.75, 3.05) is 19.8 Å². The van der Waals surface area contributed by atoms with Gasteiger partial charge in [0.05, 0.1) is 17.4 Å². The fourth-order valence-electron chi connectivity index (χ4n) is 4.20. The molecular formula is C22H20F2N4O3. The summed E-state index contributed by atoms with van der Waals surface area (Å²) in [7, 11) is 0. The van der Waals surface area contributed by atoms with Crippen molar-refractivity contribution in [1.82, 2.24) is 19.9 Å². The molecule has 1 aromatic heterocycles. The van der Waals surface area contributed by atoms with Gasteiger partial charge in [0.15, 0.2) is 17.2 Å². The van der Waals surface area contributed by atoms with Crippen LogP contribution in [0.4, 0.5) is 8.78 Å². The number of aromatic nitrogens is 3. The number of fused-ring (bicyclic) bond motifs is 2. The number of hydrogen-bond acceptors (Lipinski definition) is 5. The molecule has 0 spiro atoms. The minimum Gasteiger partial charge on any atom is -0.486 e. The highest BCUT2D eigenvalue weighted by atomic mass is 19.1. The summed E-state index contributed by atoms with van der Waals surface area (Å²) in [5.41, 5.74) is 2.38. The lowest BCUT2D eigenvalue weighted by Gasteiger charge is -2.35. The molecule has 1 amide bonds. The second-order valence-corrected chi connectivity index (χ2v) is 7.64. The van der Waals surface area contributed by atoms with Crippen molar-refractivity contribution in [3.63, 3.8) is 0 Å². The quantitative estimate of drug-likeness (QED) is 0.628.